The van der Waals surface area contributed by atoms with E-state index >= 15 is 0 Å². The maximum Gasteiger partial charge on any atom is 0.255 e. The summed E-state index contributed by atoms with van der Waals surface area (Å²) in [4.78, 5) is 27.0. The summed E-state index contributed by atoms with van der Waals surface area (Å²) in [5, 5.41) is 5.82. The van der Waals surface area contributed by atoms with Crippen LogP contribution in [-0.4, -0.2) is 56.1 Å². The minimum absolute atomic E-state index is 0.130. The Labute approximate surface area is 172 Å². The molecule has 3 rings (SSSR count). The van der Waals surface area contributed by atoms with Crippen LogP contribution in [0.4, 0.5) is 5.69 Å². The van der Waals surface area contributed by atoms with E-state index < -0.39 is 0 Å². The summed E-state index contributed by atoms with van der Waals surface area (Å²) in [5.74, 6) is 0.128. The van der Waals surface area contributed by atoms with Gasteiger partial charge < -0.3 is 15.4 Å². The number of morpholine rings is 1. The zero-order valence-electron chi connectivity index (χ0n) is 17.1. The summed E-state index contributed by atoms with van der Waals surface area (Å²) in [7, 11) is 0. The first-order valence-electron chi connectivity index (χ1n) is 10.1. The van der Waals surface area contributed by atoms with Gasteiger partial charge in [0.25, 0.3) is 11.8 Å². The molecule has 0 aliphatic carbocycles. The second-order valence-electron chi connectivity index (χ2n) is 7.52. The number of anilines is 1. The average molecular weight is 396 g/mol. The van der Waals surface area contributed by atoms with E-state index in [0.717, 1.165) is 38.5 Å². The number of carbonyl (C=O) groups is 2. The molecule has 0 atom stereocenters. The maximum absolute atomic E-state index is 12.4. The van der Waals surface area contributed by atoms with E-state index in [1.165, 1.54) is 5.56 Å². The largest absolute Gasteiger partial charge is 0.379 e. The topological polar surface area (TPSA) is 70.7 Å². The second-order valence-corrected chi connectivity index (χ2v) is 7.52. The number of amides is 2. The molecule has 0 spiro atoms. The van der Waals surface area contributed by atoms with E-state index in [9.17, 15) is 9.59 Å². The lowest BCUT2D eigenvalue weighted by Gasteiger charge is -2.26. The van der Waals surface area contributed by atoms with Crippen molar-refractivity contribution in [1.82, 2.24) is 10.2 Å². The molecule has 2 aromatic rings. The summed E-state index contributed by atoms with van der Waals surface area (Å²) in [6.07, 6.45) is 0. The molecule has 1 heterocycles. The molecule has 6 heteroatoms. The van der Waals surface area contributed by atoms with Crippen LogP contribution in [0.25, 0.3) is 0 Å². The molecule has 1 aliphatic rings. The van der Waals surface area contributed by atoms with Crippen LogP contribution in [0.2, 0.25) is 0 Å². The number of rotatable bonds is 7. The Morgan fingerprint density at radius 2 is 1.52 bits per heavy atom. The molecule has 2 aromatic carbocycles. The van der Waals surface area contributed by atoms with Crippen LogP contribution in [0.1, 0.15) is 46.0 Å². The Kier molecular flexibility index (Phi) is 7.38. The van der Waals surface area contributed by atoms with Crippen LogP contribution in [0, 0.1) is 0 Å². The van der Waals surface area contributed by atoms with E-state index in [4.69, 9.17) is 4.74 Å². The van der Waals surface area contributed by atoms with E-state index in [1.54, 1.807) is 24.3 Å². The van der Waals surface area contributed by atoms with Gasteiger partial charge >= 0.3 is 0 Å². The number of hydrogen-bond donors (Lipinski definition) is 2. The van der Waals surface area contributed by atoms with Crippen molar-refractivity contribution in [1.29, 1.82) is 0 Å². The van der Waals surface area contributed by atoms with Crippen molar-refractivity contribution in [3.8, 4) is 0 Å². The van der Waals surface area contributed by atoms with Crippen LogP contribution in [0.5, 0.6) is 0 Å². The van der Waals surface area contributed by atoms with Gasteiger partial charge in [-0.2, -0.15) is 0 Å². The van der Waals surface area contributed by atoms with E-state index in [2.05, 4.69) is 29.4 Å². The third kappa shape index (κ3) is 6.14. The smallest absolute Gasteiger partial charge is 0.255 e. The van der Waals surface area contributed by atoms with Gasteiger partial charge in [0.15, 0.2) is 0 Å². The van der Waals surface area contributed by atoms with Gasteiger partial charge in [-0.15, -0.1) is 0 Å². The minimum Gasteiger partial charge on any atom is -0.379 e. The van der Waals surface area contributed by atoms with Crippen molar-refractivity contribution in [2.45, 2.75) is 19.8 Å². The molecule has 0 radical (unpaired) electrons. The van der Waals surface area contributed by atoms with Gasteiger partial charge in [-0.25, -0.2) is 0 Å². The van der Waals surface area contributed by atoms with Gasteiger partial charge in [-0.1, -0.05) is 26.0 Å². The van der Waals surface area contributed by atoms with Gasteiger partial charge in [0, 0.05) is 43.0 Å². The average Bonchev–Trinajstić information content (AvgIpc) is 2.75. The fourth-order valence-corrected chi connectivity index (χ4v) is 3.18. The van der Waals surface area contributed by atoms with Crippen LogP contribution in [-0.2, 0) is 4.74 Å². The maximum atomic E-state index is 12.4. The predicted molar refractivity (Wildman–Crippen MR) is 115 cm³/mol. The first kappa shape index (κ1) is 21.0. The lowest BCUT2D eigenvalue weighted by molar-refractivity contribution is 0.0383. The summed E-state index contributed by atoms with van der Waals surface area (Å²) in [6, 6.07) is 14.6. The predicted octanol–water partition coefficient (Wildman–Crippen LogP) is 3.12. The Bertz CT molecular complexity index is 810. The summed E-state index contributed by atoms with van der Waals surface area (Å²) >= 11 is 0. The van der Waals surface area contributed by atoms with Gasteiger partial charge in [0.1, 0.15) is 0 Å². The third-order valence-corrected chi connectivity index (χ3v) is 5.06. The molecule has 154 valence electrons. The van der Waals surface area contributed by atoms with Crippen LogP contribution < -0.4 is 10.6 Å². The molecule has 1 fully saturated rings. The number of nitrogens with one attached hydrogen (secondary N) is 2. The Morgan fingerprint density at radius 1 is 0.931 bits per heavy atom. The monoisotopic (exact) mass is 395 g/mol. The van der Waals surface area contributed by atoms with Crippen LogP contribution >= 0.6 is 0 Å². The van der Waals surface area contributed by atoms with Gasteiger partial charge in [0.2, 0.25) is 0 Å². The second kappa shape index (κ2) is 10.2. The highest BCUT2D eigenvalue weighted by Crippen LogP contribution is 2.18. The molecule has 2 N–H and O–H groups in total. The SMILES string of the molecule is CC(C)c1ccc(NC(=O)c2ccc(C(=O)NCCN3CCOCC3)cc2)cc1. The van der Waals surface area contributed by atoms with E-state index in [-0.39, 0.29) is 11.8 Å². The highest BCUT2D eigenvalue weighted by molar-refractivity contribution is 6.05. The summed E-state index contributed by atoms with van der Waals surface area (Å²) in [5.41, 5.74) is 3.05. The molecule has 0 aromatic heterocycles. The lowest BCUT2D eigenvalue weighted by Crippen LogP contribution is -2.41. The number of benzene rings is 2. The molecular weight excluding hydrogens is 366 g/mol. The number of hydrogen-bond acceptors (Lipinski definition) is 4. The van der Waals surface area contributed by atoms with Gasteiger partial charge in [-0.3, -0.25) is 14.5 Å². The number of nitrogens with zero attached hydrogens (tertiary/aromatic N) is 1. The summed E-state index contributed by atoms with van der Waals surface area (Å²) in [6.45, 7) is 8.97. The third-order valence-electron chi connectivity index (χ3n) is 5.06. The fraction of sp³-hybridized carbons (Fsp3) is 0.391. The normalized spacial score (nSPS) is 14.6. The quantitative estimate of drug-likeness (QED) is 0.756. The Hall–Kier alpha value is -2.70. The molecule has 6 nitrogen and oxygen atoms in total. The standard InChI is InChI=1S/C23H29N3O3/c1-17(2)18-7-9-21(10-8-18)25-23(28)20-5-3-19(4-6-20)22(27)24-11-12-26-13-15-29-16-14-26/h3-10,17H,11-16H2,1-2H3,(H,24,27)(H,25,28). The number of ether oxygens (including phenoxy) is 1. The van der Waals surface area contributed by atoms with Crippen LogP contribution in [0.3, 0.4) is 0 Å². The lowest BCUT2D eigenvalue weighted by atomic mass is 10.0. The molecule has 0 saturated carbocycles. The minimum atomic E-state index is -0.193. The van der Waals surface area contributed by atoms with Crippen molar-refractivity contribution in [3.05, 3.63) is 65.2 Å². The Morgan fingerprint density at radius 3 is 2.10 bits per heavy atom. The molecule has 1 aliphatic heterocycles. The molecule has 0 unspecified atom stereocenters. The zero-order valence-corrected chi connectivity index (χ0v) is 17.1. The molecule has 1 saturated heterocycles. The number of carbonyl (C=O) groups excluding carboxylic acids is 2. The highest BCUT2D eigenvalue weighted by atomic mass is 16.5. The van der Waals surface area contributed by atoms with Crippen LogP contribution in [0.15, 0.2) is 48.5 Å². The molecular formula is C23H29N3O3. The van der Waals surface area contributed by atoms with Crippen molar-refractivity contribution in [2.75, 3.05) is 44.7 Å². The molecule has 0 bridgehead atoms. The van der Waals surface area contributed by atoms with Crippen molar-refractivity contribution < 1.29 is 14.3 Å². The van der Waals surface area contributed by atoms with Crippen molar-refractivity contribution in [3.63, 3.8) is 0 Å². The van der Waals surface area contributed by atoms with Crippen molar-refractivity contribution in [2.24, 2.45) is 0 Å². The fourth-order valence-electron chi connectivity index (χ4n) is 3.18. The first-order chi connectivity index (χ1) is 14.0. The van der Waals surface area contributed by atoms with E-state index in [1.807, 2.05) is 24.3 Å². The molecule has 2 amide bonds. The first-order valence-corrected chi connectivity index (χ1v) is 10.1. The van der Waals surface area contributed by atoms with E-state index in [0.29, 0.717) is 23.6 Å². The van der Waals surface area contributed by atoms with Gasteiger partial charge in [0.05, 0.1) is 13.2 Å². The van der Waals surface area contributed by atoms with Crippen molar-refractivity contribution >= 4 is 17.5 Å². The van der Waals surface area contributed by atoms with Gasteiger partial charge in [-0.05, 0) is 47.9 Å². The summed E-state index contributed by atoms with van der Waals surface area (Å²) < 4.78 is 5.32. The Balaban J connectivity index is 1.49. The highest BCUT2D eigenvalue weighted by Gasteiger charge is 2.12. The molecule has 29 heavy (non-hydrogen) atoms. The zero-order chi connectivity index (χ0) is 20.6.